The van der Waals surface area contributed by atoms with Crippen molar-refractivity contribution < 1.29 is 0 Å². The minimum atomic E-state index is 0.571. The summed E-state index contributed by atoms with van der Waals surface area (Å²) in [7, 11) is 0. The summed E-state index contributed by atoms with van der Waals surface area (Å²) in [5.41, 5.74) is 1.06. The van der Waals surface area contributed by atoms with E-state index in [0.29, 0.717) is 5.15 Å². The van der Waals surface area contributed by atoms with E-state index in [1.807, 2.05) is 6.07 Å². The zero-order valence-electron chi connectivity index (χ0n) is 8.18. The van der Waals surface area contributed by atoms with Crippen molar-refractivity contribution in [2.45, 2.75) is 39.5 Å². The fourth-order valence-corrected chi connectivity index (χ4v) is 1.46. The molecule has 1 rings (SSSR count). The van der Waals surface area contributed by atoms with Crippen molar-refractivity contribution in [2.75, 3.05) is 0 Å². The van der Waals surface area contributed by atoms with E-state index in [9.17, 15) is 0 Å². The van der Waals surface area contributed by atoms with Crippen LogP contribution in [0.25, 0.3) is 0 Å². The molecule has 72 valence electrons. The lowest BCUT2D eigenvalue weighted by molar-refractivity contribution is 0.794. The molecule has 0 unspecified atom stereocenters. The van der Waals surface area contributed by atoms with Crippen LogP contribution in [0.15, 0.2) is 6.07 Å². The lowest BCUT2D eigenvalue weighted by Crippen LogP contribution is -1.99. The van der Waals surface area contributed by atoms with Gasteiger partial charge in [-0.2, -0.15) is 0 Å². The van der Waals surface area contributed by atoms with Gasteiger partial charge >= 0.3 is 0 Å². The van der Waals surface area contributed by atoms with Crippen LogP contribution in [0.2, 0.25) is 5.15 Å². The fourth-order valence-electron chi connectivity index (χ4n) is 1.24. The van der Waals surface area contributed by atoms with Crippen LogP contribution in [0.1, 0.15) is 38.2 Å². The highest BCUT2D eigenvalue weighted by Gasteiger charge is 2.01. The van der Waals surface area contributed by atoms with E-state index in [0.717, 1.165) is 37.2 Å². The first kappa shape index (κ1) is 10.5. The van der Waals surface area contributed by atoms with Crippen molar-refractivity contribution in [3.05, 3.63) is 22.7 Å². The Hall–Kier alpha value is -0.630. The molecule has 0 aliphatic carbocycles. The van der Waals surface area contributed by atoms with Gasteiger partial charge in [-0.25, -0.2) is 9.97 Å². The van der Waals surface area contributed by atoms with Crippen LogP contribution in [-0.4, -0.2) is 9.97 Å². The Balaban J connectivity index is 2.83. The Morgan fingerprint density at radius 3 is 2.46 bits per heavy atom. The molecule has 13 heavy (non-hydrogen) atoms. The molecular weight excluding hydrogens is 184 g/mol. The molecule has 1 heterocycles. The van der Waals surface area contributed by atoms with Gasteiger partial charge in [-0.3, -0.25) is 0 Å². The predicted octanol–water partition coefficient (Wildman–Crippen LogP) is 3.04. The molecule has 0 bridgehead atoms. The first-order chi connectivity index (χ1) is 6.26. The van der Waals surface area contributed by atoms with Gasteiger partial charge in [-0.15, -0.1) is 0 Å². The molecule has 1 aromatic rings. The van der Waals surface area contributed by atoms with Crippen LogP contribution in [0.4, 0.5) is 0 Å². The molecule has 0 amide bonds. The highest BCUT2D eigenvalue weighted by atomic mass is 35.5. The van der Waals surface area contributed by atoms with Crippen LogP contribution in [-0.2, 0) is 12.8 Å². The van der Waals surface area contributed by atoms with Gasteiger partial charge in [0.05, 0.1) is 0 Å². The van der Waals surface area contributed by atoms with Crippen LogP contribution in [0.3, 0.4) is 0 Å². The number of rotatable bonds is 4. The molecule has 0 aromatic carbocycles. The number of hydrogen-bond donors (Lipinski definition) is 0. The van der Waals surface area contributed by atoms with Gasteiger partial charge < -0.3 is 0 Å². The molecule has 0 aliphatic rings. The lowest BCUT2D eigenvalue weighted by atomic mass is 10.2. The summed E-state index contributed by atoms with van der Waals surface area (Å²) in [6.07, 6.45) is 4.06. The third kappa shape index (κ3) is 3.31. The third-order valence-electron chi connectivity index (χ3n) is 1.77. The monoisotopic (exact) mass is 198 g/mol. The molecule has 0 radical (unpaired) electrons. The van der Waals surface area contributed by atoms with E-state index in [1.54, 1.807) is 0 Å². The second-order valence-electron chi connectivity index (χ2n) is 3.10. The standard InChI is InChI=1S/C10H15ClN2/c1-3-5-8-7-9(11)13-10(12-8)6-4-2/h7H,3-6H2,1-2H3. The van der Waals surface area contributed by atoms with Crippen molar-refractivity contribution in [3.8, 4) is 0 Å². The number of aryl methyl sites for hydroxylation is 2. The maximum absolute atomic E-state index is 5.87. The van der Waals surface area contributed by atoms with E-state index in [1.165, 1.54) is 0 Å². The molecule has 0 N–H and O–H groups in total. The minimum Gasteiger partial charge on any atom is -0.238 e. The number of hydrogen-bond acceptors (Lipinski definition) is 2. The molecule has 2 nitrogen and oxygen atoms in total. The lowest BCUT2D eigenvalue weighted by Gasteiger charge is -2.02. The Labute approximate surface area is 84.4 Å². The molecule has 0 aliphatic heterocycles. The topological polar surface area (TPSA) is 25.8 Å². The molecule has 0 saturated carbocycles. The molecule has 0 fully saturated rings. The number of aromatic nitrogens is 2. The molecule has 1 aromatic heterocycles. The maximum atomic E-state index is 5.87. The predicted molar refractivity (Wildman–Crippen MR) is 55.0 cm³/mol. The van der Waals surface area contributed by atoms with Crippen molar-refractivity contribution in [2.24, 2.45) is 0 Å². The zero-order valence-corrected chi connectivity index (χ0v) is 8.93. The summed E-state index contributed by atoms with van der Waals surface area (Å²) in [5.74, 6) is 0.874. The average molecular weight is 199 g/mol. The van der Waals surface area contributed by atoms with E-state index < -0.39 is 0 Å². The van der Waals surface area contributed by atoms with Crippen LogP contribution < -0.4 is 0 Å². The van der Waals surface area contributed by atoms with Crippen molar-refractivity contribution in [3.63, 3.8) is 0 Å². The summed E-state index contributed by atoms with van der Waals surface area (Å²) < 4.78 is 0. The van der Waals surface area contributed by atoms with Crippen molar-refractivity contribution in [1.29, 1.82) is 0 Å². The SMILES string of the molecule is CCCc1cc(Cl)nc(CCC)n1. The van der Waals surface area contributed by atoms with Crippen LogP contribution in [0.5, 0.6) is 0 Å². The molecular formula is C10H15ClN2. The molecule has 0 saturated heterocycles. The Morgan fingerprint density at radius 2 is 1.85 bits per heavy atom. The average Bonchev–Trinajstić information content (AvgIpc) is 2.04. The largest absolute Gasteiger partial charge is 0.238 e. The first-order valence-electron chi connectivity index (χ1n) is 4.78. The fraction of sp³-hybridized carbons (Fsp3) is 0.600. The summed E-state index contributed by atoms with van der Waals surface area (Å²) in [6, 6.07) is 1.85. The van der Waals surface area contributed by atoms with Crippen molar-refractivity contribution >= 4 is 11.6 Å². The third-order valence-corrected chi connectivity index (χ3v) is 1.97. The van der Waals surface area contributed by atoms with Crippen LogP contribution in [0, 0.1) is 0 Å². The van der Waals surface area contributed by atoms with Gasteiger partial charge in [-0.05, 0) is 18.9 Å². The quantitative estimate of drug-likeness (QED) is 0.696. The highest BCUT2D eigenvalue weighted by Crippen LogP contribution is 2.09. The smallest absolute Gasteiger partial charge is 0.133 e. The van der Waals surface area contributed by atoms with E-state index in [4.69, 9.17) is 11.6 Å². The van der Waals surface area contributed by atoms with E-state index in [-0.39, 0.29) is 0 Å². The summed E-state index contributed by atoms with van der Waals surface area (Å²) >= 11 is 5.87. The van der Waals surface area contributed by atoms with Gasteiger partial charge in [0.1, 0.15) is 11.0 Å². The Bertz CT molecular complexity index is 249. The van der Waals surface area contributed by atoms with E-state index >= 15 is 0 Å². The summed E-state index contributed by atoms with van der Waals surface area (Å²) in [6.45, 7) is 4.25. The van der Waals surface area contributed by atoms with Gasteiger partial charge in [0.25, 0.3) is 0 Å². The highest BCUT2D eigenvalue weighted by molar-refractivity contribution is 6.29. The van der Waals surface area contributed by atoms with Gasteiger partial charge in [0, 0.05) is 12.1 Å². The van der Waals surface area contributed by atoms with E-state index in [2.05, 4.69) is 23.8 Å². The Morgan fingerprint density at radius 1 is 1.15 bits per heavy atom. The number of nitrogens with zero attached hydrogens (tertiary/aromatic N) is 2. The zero-order chi connectivity index (χ0) is 9.68. The summed E-state index contributed by atoms with van der Waals surface area (Å²) in [5, 5.41) is 0.571. The van der Waals surface area contributed by atoms with Gasteiger partial charge in [0.2, 0.25) is 0 Å². The minimum absolute atomic E-state index is 0.571. The Kier molecular flexibility index (Phi) is 4.16. The normalized spacial score (nSPS) is 10.4. The summed E-state index contributed by atoms with van der Waals surface area (Å²) in [4.78, 5) is 8.58. The molecule has 0 atom stereocenters. The van der Waals surface area contributed by atoms with Crippen molar-refractivity contribution in [1.82, 2.24) is 9.97 Å². The second-order valence-corrected chi connectivity index (χ2v) is 3.49. The first-order valence-corrected chi connectivity index (χ1v) is 5.16. The number of halogens is 1. The molecule has 3 heteroatoms. The van der Waals surface area contributed by atoms with Crippen LogP contribution >= 0.6 is 11.6 Å². The van der Waals surface area contributed by atoms with Gasteiger partial charge in [0.15, 0.2) is 0 Å². The molecule has 0 spiro atoms. The van der Waals surface area contributed by atoms with Gasteiger partial charge in [-0.1, -0.05) is 31.9 Å². The maximum Gasteiger partial charge on any atom is 0.133 e. The second kappa shape index (κ2) is 5.18.